The molecule has 0 aliphatic rings. The second-order valence-corrected chi connectivity index (χ2v) is 3.62. The molecule has 2 rings (SSSR count). The van der Waals surface area contributed by atoms with Crippen LogP contribution < -0.4 is 5.32 Å². The summed E-state index contributed by atoms with van der Waals surface area (Å²) in [6.45, 7) is 0. The number of benzene rings is 2. The standard InChI is InChI=1S/C13H8F3NO/c14-9-3-1-8(2-4-9)13(18)17-12-6-10(15)5-11(16)7-12/h1-7H,(H,17,18). The van der Waals surface area contributed by atoms with Gasteiger partial charge in [-0.3, -0.25) is 4.79 Å². The number of nitrogens with one attached hydrogen (secondary N) is 1. The molecule has 0 aliphatic carbocycles. The maximum absolute atomic E-state index is 12.9. The third kappa shape index (κ3) is 2.88. The highest BCUT2D eigenvalue weighted by molar-refractivity contribution is 6.04. The van der Waals surface area contributed by atoms with E-state index < -0.39 is 23.4 Å². The second kappa shape index (κ2) is 4.91. The summed E-state index contributed by atoms with van der Waals surface area (Å²) in [4.78, 5) is 11.7. The van der Waals surface area contributed by atoms with Crippen molar-refractivity contribution in [3.05, 3.63) is 65.5 Å². The minimum Gasteiger partial charge on any atom is -0.322 e. The van der Waals surface area contributed by atoms with Crippen LogP contribution in [0.1, 0.15) is 10.4 Å². The molecule has 1 amide bonds. The fourth-order valence-electron chi connectivity index (χ4n) is 1.43. The van der Waals surface area contributed by atoms with Gasteiger partial charge in [0.15, 0.2) is 0 Å². The summed E-state index contributed by atoms with van der Waals surface area (Å²) in [5, 5.41) is 2.32. The van der Waals surface area contributed by atoms with Crippen LogP contribution in [0.3, 0.4) is 0 Å². The number of hydrogen-bond acceptors (Lipinski definition) is 1. The summed E-state index contributed by atoms with van der Waals surface area (Å²) < 4.78 is 38.4. The number of rotatable bonds is 2. The minimum atomic E-state index is -0.788. The molecule has 5 heteroatoms. The van der Waals surface area contributed by atoms with Crippen LogP contribution in [0.25, 0.3) is 0 Å². The Morgan fingerprint density at radius 3 is 1.94 bits per heavy atom. The molecule has 2 nitrogen and oxygen atoms in total. The van der Waals surface area contributed by atoms with Gasteiger partial charge in [0.1, 0.15) is 17.5 Å². The average molecular weight is 251 g/mol. The lowest BCUT2D eigenvalue weighted by Crippen LogP contribution is -2.12. The minimum absolute atomic E-state index is 0.00169. The van der Waals surface area contributed by atoms with Crippen molar-refractivity contribution in [3.8, 4) is 0 Å². The predicted molar refractivity (Wildman–Crippen MR) is 60.7 cm³/mol. The molecular weight excluding hydrogens is 243 g/mol. The lowest BCUT2D eigenvalue weighted by Gasteiger charge is -2.05. The van der Waals surface area contributed by atoms with Crippen LogP contribution >= 0.6 is 0 Å². The summed E-state index contributed by atoms with van der Waals surface area (Å²) in [6, 6.07) is 7.49. The summed E-state index contributed by atoms with van der Waals surface area (Å²) in [6.07, 6.45) is 0. The molecule has 0 radical (unpaired) electrons. The van der Waals surface area contributed by atoms with Crippen molar-refractivity contribution in [1.29, 1.82) is 0 Å². The molecule has 0 fully saturated rings. The first-order chi connectivity index (χ1) is 8.54. The summed E-state index contributed by atoms with van der Waals surface area (Å²) in [5.74, 6) is -2.61. The lowest BCUT2D eigenvalue weighted by molar-refractivity contribution is 0.102. The molecule has 0 saturated carbocycles. The molecule has 0 aliphatic heterocycles. The zero-order chi connectivity index (χ0) is 13.1. The first kappa shape index (κ1) is 12.2. The first-order valence-corrected chi connectivity index (χ1v) is 5.07. The Labute approximate surface area is 101 Å². The van der Waals surface area contributed by atoms with E-state index in [1.54, 1.807) is 0 Å². The van der Waals surface area contributed by atoms with Crippen LogP contribution in [0, 0.1) is 17.5 Å². The van der Waals surface area contributed by atoms with Crippen LogP contribution in [0.15, 0.2) is 42.5 Å². The number of carbonyl (C=O) groups excluding carboxylic acids is 1. The molecule has 0 saturated heterocycles. The maximum Gasteiger partial charge on any atom is 0.255 e. The van der Waals surface area contributed by atoms with E-state index >= 15 is 0 Å². The van der Waals surface area contributed by atoms with Crippen molar-refractivity contribution in [2.75, 3.05) is 5.32 Å². The van der Waals surface area contributed by atoms with Gasteiger partial charge in [0.2, 0.25) is 0 Å². The summed E-state index contributed by atoms with van der Waals surface area (Å²) >= 11 is 0. The predicted octanol–water partition coefficient (Wildman–Crippen LogP) is 3.36. The van der Waals surface area contributed by atoms with Crippen LogP contribution in [-0.4, -0.2) is 5.91 Å². The molecule has 0 heterocycles. The quantitative estimate of drug-likeness (QED) is 0.871. The molecule has 92 valence electrons. The van der Waals surface area contributed by atoms with E-state index in [0.29, 0.717) is 6.07 Å². The molecular formula is C13H8F3NO. The molecule has 0 unspecified atom stereocenters. The third-order valence-corrected chi connectivity index (χ3v) is 2.23. The molecule has 0 spiro atoms. The molecule has 0 atom stereocenters. The fourth-order valence-corrected chi connectivity index (χ4v) is 1.43. The molecule has 18 heavy (non-hydrogen) atoms. The molecule has 0 bridgehead atoms. The number of amides is 1. The smallest absolute Gasteiger partial charge is 0.255 e. The van der Waals surface area contributed by atoms with Gasteiger partial charge in [-0.2, -0.15) is 0 Å². The van der Waals surface area contributed by atoms with Gasteiger partial charge in [-0.1, -0.05) is 0 Å². The van der Waals surface area contributed by atoms with E-state index in [0.717, 1.165) is 24.3 Å². The third-order valence-electron chi connectivity index (χ3n) is 2.23. The van der Waals surface area contributed by atoms with Gasteiger partial charge in [0.25, 0.3) is 5.91 Å². The number of halogens is 3. The lowest BCUT2D eigenvalue weighted by atomic mass is 10.2. The fraction of sp³-hybridized carbons (Fsp3) is 0. The van der Waals surface area contributed by atoms with E-state index in [2.05, 4.69) is 5.32 Å². The van der Waals surface area contributed by atoms with E-state index in [-0.39, 0.29) is 11.3 Å². The van der Waals surface area contributed by atoms with Crippen LogP contribution in [-0.2, 0) is 0 Å². The van der Waals surface area contributed by atoms with Gasteiger partial charge in [0.05, 0.1) is 0 Å². The normalized spacial score (nSPS) is 10.2. The highest BCUT2D eigenvalue weighted by atomic mass is 19.1. The SMILES string of the molecule is O=C(Nc1cc(F)cc(F)c1)c1ccc(F)cc1. The van der Waals surface area contributed by atoms with Crippen LogP contribution in [0.2, 0.25) is 0 Å². The molecule has 2 aromatic carbocycles. The Balaban J connectivity index is 2.18. The van der Waals surface area contributed by atoms with Gasteiger partial charge in [-0.05, 0) is 36.4 Å². The number of anilines is 1. The van der Waals surface area contributed by atoms with E-state index in [4.69, 9.17) is 0 Å². The highest BCUT2D eigenvalue weighted by Gasteiger charge is 2.07. The van der Waals surface area contributed by atoms with Crippen molar-refractivity contribution in [1.82, 2.24) is 0 Å². The zero-order valence-corrected chi connectivity index (χ0v) is 9.08. The number of carbonyl (C=O) groups is 1. The van der Waals surface area contributed by atoms with Crippen molar-refractivity contribution >= 4 is 11.6 Å². The van der Waals surface area contributed by atoms with Crippen molar-refractivity contribution in [2.24, 2.45) is 0 Å². The highest BCUT2D eigenvalue weighted by Crippen LogP contribution is 2.14. The average Bonchev–Trinajstić information content (AvgIpc) is 2.28. The Morgan fingerprint density at radius 1 is 0.833 bits per heavy atom. The van der Waals surface area contributed by atoms with Gasteiger partial charge in [0, 0.05) is 17.3 Å². The van der Waals surface area contributed by atoms with Gasteiger partial charge < -0.3 is 5.32 Å². The van der Waals surface area contributed by atoms with E-state index in [1.165, 1.54) is 12.1 Å². The first-order valence-electron chi connectivity index (χ1n) is 5.07. The topological polar surface area (TPSA) is 29.1 Å². The van der Waals surface area contributed by atoms with Gasteiger partial charge in [-0.15, -0.1) is 0 Å². The molecule has 2 aromatic rings. The Kier molecular flexibility index (Phi) is 3.32. The Morgan fingerprint density at radius 2 is 1.39 bits per heavy atom. The van der Waals surface area contributed by atoms with E-state index in [1.807, 2.05) is 0 Å². The van der Waals surface area contributed by atoms with Gasteiger partial charge >= 0.3 is 0 Å². The van der Waals surface area contributed by atoms with Crippen LogP contribution in [0.5, 0.6) is 0 Å². The van der Waals surface area contributed by atoms with Gasteiger partial charge in [-0.25, -0.2) is 13.2 Å². The largest absolute Gasteiger partial charge is 0.322 e. The second-order valence-electron chi connectivity index (χ2n) is 3.62. The van der Waals surface area contributed by atoms with Crippen LogP contribution in [0.4, 0.5) is 18.9 Å². The molecule has 1 N–H and O–H groups in total. The number of hydrogen-bond donors (Lipinski definition) is 1. The van der Waals surface area contributed by atoms with Crippen molar-refractivity contribution < 1.29 is 18.0 Å². The monoisotopic (exact) mass is 251 g/mol. The van der Waals surface area contributed by atoms with E-state index in [9.17, 15) is 18.0 Å². The Bertz CT molecular complexity index is 561. The zero-order valence-electron chi connectivity index (χ0n) is 9.08. The van der Waals surface area contributed by atoms with Crippen molar-refractivity contribution in [3.63, 3.8) is 0 Å². The molecule has 0 aromatic heterocycles. The Hall–Kier alpha value is -2.30. The summed E-state index contributed by atoms with van der Waals surface area (Å²) in [5.41, 5.74) is 0.197. The summed E-state index contributed by atoms with van der Waals surface area (Å²) in [7, 11) is 0. The maximum atomic E-state index is 12.9. The van der Waals surface area contributed by atoms with Crippen molar-refractivity contribution in [2.45, 2.75) is 0 Å².